The quantitative estimate of drug-likeness (QED) is 0.784. The van der Waals surface area contributed by atoms with Crippen molar-refractivity contribution in [2.45, 2.75) is 65.0 Å². The van der Waals surface area contributed by atoms with Gasteiger partial charge in [0.25, 0.3) is 5.91 Å². The van der Waals surface area contributed by atoms with Gasteiger partial charge in [0.1, 0.15) is 18.4 Å². The van der Waals surface area contributed by atoms with Crippen molar-refractivity contribution in [3.63, 3.8) is 0 Å². The summed E-state index contributed by atoms with van der Waals surface area (Å²) in [6.45, 7) is 7.58. The van der Waals surface area contributed by atoms with Gasteiger partial charge in [-0.25, -0.2) is 0 Å². The molecule has 1 fully saturated rings. The number of benzene rings is 1. The monoisotopic (exact) mass is 429 g/mol. The van der Waals surface area contributed by atoms with Gasteiger partial charge >= 0.3 is 0 Å². The molecule has 1 N–H and O–H groups in total. The number of nitrogens with one attached hydrogen (secondary N) is 1. The van der Waals surface area contributed by atoms with Crippen molar-refractivity contribution in [3.05, 3.63) is 29.8 Å². The number of hydrogen-bond acceptors (Lipinski definition) is 4. The minimum atomic E-state index is -0.584. The highest BCUT2D eigenvalue weighted by atomic mass is 16.5. The molecule has 31 heavy (non-hydrogen) atoms. The number of carbonyl (C=O) groups is 3. The van der Waals surface area contributed by atoms with Gasteiger partial charge in [-0.3, -0.25) is 14.4 Å². The first-order valence-corrected chi connectivity index (χ1v) is 11.2. The van der Waals surface area contributed by atoms with E-state index in [1.54, 1.807) is 24.1 Å². The van der Waals surface area contributed by atoms with E-state index in [9.17, 15) is 14.4 Å². The third-order valence-corrected chi connectivity index (χ3v) is 5.84. The second kappa shape index (κ2) is 9.71. The fourth-order valence-corrected chi connectivity index (χ4v) is 4.25. The first-order valence-electron chi connectivity index (χ1n) is 11.2. The van der Waals surface area contributed by atoms with Crippen molar-refractivity contribution in [2.24, 2.45) is 5.41 Å². The summed E-state index contributed by atoms with van der Waals surface area (Å²) in [7, 11) is 1.76. The summed E-state index contributed by atoms with van der Waals surface area (Å²) < 4.78 is 5.97. The van der Waals surface area contributed by atoms with Crippen LogP contribution in [0.4, 0.5) is 0 Å². The molecule has 0 aromatic heterocycles. The van der Waals surface area contributed by atoms with Gasteiger partial charge in [0.05, 0.1) is 6.04 Å². The summed E-state index contributed by atoms with van der Waals surface area (Å²) in [5, 5.41) is 2.98. The van der Waals surface area contributed by atoms with Crippen molar-refractivity contribution in [1.29, 1.82) is 0 Å². The summed E-state index contributed by atoms with van der Waals surface area (Å²) in [5.41, 5.74) is 0.435. The number of amides is 3. The van der Waals surface area contributed by atoms with Gasteiger partial charge in [-0.15, -0.1) is 0 Å². The van der Waals surface area contributed by atoms with Crippen LogP contribution in [0.3, 0.4) is 0 Å². The van der Waals surface area contributed by atoms with Crippen LogP contribution in [0.2, 0.25) is 0 Å². The highest BCUT2D eigenvalue weighted by Crippen LogP contribution is 2.23. The second-order valence-corrected chi connectivity index (χ2v) is 9.89. The summed E-state index contributed by atoms with van der Waals surface area (Å²) in [6, 6.07) is 6.60. The molecule has 0 saturated carbocycles. The van der Waals surface area contributed by atoms with Gasteiger partial charge in [0, 0.05) is 32.1 Å². The minimum Gasteiger partial charge on any atom is -0.491 e. The SMILES string of the molecule is CN1CCC[C@H](NC(=O)CC(C)(C)C)C(=O)N2CCC[C@H]2COc2cccc(c2)C1=O. The summed E-state index contributed by atoms with van der Waals surface area (Å²) >= 11 is 0. The van der Waals surface area contributed by atoms with Crippen molar-refractivity contribution in [2.75, 3.05) is 26.7 Å². The number of rotatable bonds is 2. The summed E-state index contributed by atoms with van der Waals surface area (Å²) in [4.78, 5) is 42.3. The van der Waals surface area contributed by atoms with Crippen molar-refractivity contribution < 1.29 is 19.1 Å². The maximum Gasteiger partial charge on any atom is 0.253 e. The van der Waals surface area contributed by atoms with Crippen LogP contribution in [-0.2, 0) is 9.59 Å². The van der Waals surface area contributed by atoms with Crippen LogP contribution in [0.15, 0.2) is 24.3 Å². The van der Waals surface area contributed by atoms with Crippen LogP contribution < -0.4 is 10.1 Å². The van der Waals surface area contributed by atoms with Gasteiger partial charge in [-0.05, 0) is 49.3 Å². The van der Waals surface area contributed by atoms with Crippen molar-refractivity contribution in [3.8, 4) is 5.75 Å². The Balaban J connectivity index is 1.81. The normalized spacial score (nSPS) is 23.1. The second-order valence-electron chi connectivity index (χ2n) is 9.89. The van der Waals surface area contributed by atoms with E-state index in [0.29, 0.717) is 50.3 Å². The molecule has 0 unspecified atom stereocenters. The van der Waals surface area contributed by atoms with E-state index in [1.807, 2.05) is 37.8 Å². The molecule has 0 radical (unpaired) electrons. The van der Waals surface area contributed by atoms with Crippen molar-refractivity contribution in [1.82, 2.24) is 15.1 Å². The molecular formula is C24H35N3O4. The molecule has 7 heteroatoms. The fraction of sp³-hybridized carbons (Fsp3) is 0.625. The van der Waals surface area contributed by atoms with E-state index in [1.165, 1.54) is 0 Å². The number of hydrogen-bond donors (Lipinski definition) is 1. The van der Waals surface area contributed by atoms with E-state index < -0.39 is 6.04 Å². The van der Waals surface area contributed by atoms with Crippen LogP contribution in [0.1, 0.15) is 63.2 Å². The molecule has 1 aromatic rings. The highest BCUT2D eigenvalue weighted by molar-refractivity contribution is 5.94. The Morgan fingerprint density at radius 1 is 1.16 bits per heavy atom. The van der Waals surface area contributed by atoms with Gasteiger partial charge in [0.2, 0.25) is 11.8 Å². The average molecular weight is 430 g/mol. The number of ether oxygens (including phenoxy) is 1. The number of fused-ring (bicyclic) bond motifs is 3. The summed E-state index contributed by atoms with van der Waals surface area (Å²) in [6.07, 6.45) is 3.27. The largest absolute Gasteiger partial charge is 0.491 e. The van der Waals surface area contributed by atoms with E-state index in [4.69, 9.17) is 4.74 Å². The molecule has 3 rings (SSSR count). The molecule has 7 nitrogen and oxygen atoms in total. The topological polar surface area (TPSA) is 79.0 Å². The molecule has 2 atom stereocenters. The molecule has 2 heterocycles. The van der Waals surface area contributed by atoms with E-state index in [2.05, 4.69) is 5.32 Å². The molecule has 2 aliphatic heterocycles. The fourth-order valence-electron chi connectivity index (χ4n) is 4.25. The molecule has 3 amide bonds. The lowest BCUT2D eigenvalue weighted by molar-refractivity contribution is -0.138. The lowest BCUT2D eigenvalue weighted by Crippen LogP contribution is -2.51. The standard InChI is InChI=1S/C24H35N3O4/c1-24(2,3)15-21(28)25-20-11-7-12-26(4)22(29)17-8-5-10-19(14-17)31-16-18-9-6-13-27(18)23(20)30/h5,8,10,14,18,20H,6-7,9,11-13,15-16H2,1-4H3,(H,25,28)/t18-,20-/m0/s1. The Morgan fingerprint density at radius 2 is 1.90 bits per heavy atom. The number of carbonyl (C=O) groups excluding carboxylic acids is 3. The van der Waals surface area contributed by atoms with Crippen LogP contribution in [0.25, 0.3) is 0 Å². The molecule has 0 spiro atoms. The first-order chi connectivity index (χ1) is 14.6. The van der Waals surface area contributed by atoms with Crippen LogP contribution >= 0.6 is 0 Å². The van der Waals surface area contributed by atoms with Gasteiger partial charge in [-0.1, -0.05) is 26.8 Å². The zero-order valence-corrected chi connectivity index (χ0v) is 19.1. The van der Waals surface area contributed by atoms with Crippen LogP contribution in [0.5, 0.6) is 5.75 Å². The summed E-state index contributed by atoms with van der Waals surface area (Å²) in [5.74, 6) is 0.391. The molecule has 1 saturated heterocycles. The van der Waals surface area contributed by atoms with Crippen LogP contribution in [-0.4, -0.2) is 66.3 Å². The lowest BCUT2D eigenvalue weighted by atomic mass is 9.91. The van der Waals surface area contributed by atoms with E-state index in [0.717, 1.165) is 12.8 Å². The van der Waals surface area contributed by atoms with Gasteiger partial charge in [0.15, 0.2) is 0 Å². The maximum absolute atomic E-state index is 13.4. The smallest absolute Gasteiger partial charge is 0.253 e. The molecule has 170 valence electrons. The molecule has 1 aromatic carbocycles. The Labute approximate surface area is 185 Å². The first kappa shape index (κ1) is 23.1. The Bertz CT molecular complexity index is 817. The third kappa shape index (κ3) is 6.21. The predicted molar refractivity (Wildman–Crippen MR) is 119 cm³/mol. The Hall–Kier alpha value is -2.57. The third-order valence-electron chi connectivity index (χ3n) is 5.84. The zero-order valence-electron chi connectivity index (χ0n) is 19.1. The molecule has 2 bridgehead atoms. The van der Waals surface area contributed by atoms with E-state index >= 15 is 0 Å². The predicted octanol–water partition coefficient (Wildman–Crippen LogP) is 2.84. The van der Waals surface area contributed by atoms with E-state index in [-0.39, 0.29) is 29.2 Å². The Morgan fingerprint density at radius 3 is 2.65 bits per heavy atom. The average Bonchev–Trinajstić information content (AvgIpc) is 3.17. The van der Waals surface area contributed by atoms with Gasteiger partial charge in [-0.2, -0.15) is 0 Å². The zero-order chi connectivity index (χ0) is 22.6. The molecular weight excluding hydrogens is 394 g/mol. The maximum atomic E-state index is 13.4. The lowest BCUT2D eigenvalue weighted by Gasteiger charge is -2.30. The Kier molecular flexibility index (Phi) is 7.23. The molecule has 2 aliphatic rings. The molecule has 0 aliphatic carbocycles. The number of nitrogens with zero attached hydrogens (tertiary/aromatic N) is 2. The van der Waals surface area contributed by atoms with Gasteiger partial charge < -0.3 is 19.9 Å². The highest BCUT2D eigenvalue weighted by Gasteiger charge is 2.34. The van der Waals surface area contributed by atoms with Crippen molar-refractivity contribution >= 4 is 17.7 Å². The minimum absolute atomic E-state index is 0.0283. The van der Waals surface area contributed by atoms with Crippen LogP contribution in [0, 0.1) is 5.41 Å².